The Kier molecular flexibility index (Phi) is 5.13. The minimum absolute atomic E-state index is 0.188. The van der Waals surface area contributed by atoms with Gasteiger partial charge in [0.05, 0.1) is 6.10 Å². The van der Waals surface area contributed by atoms with Gasteiger partial charge in [0.2, 0.25) is 0 Å². The summed E-state index contributed by atoms with van der Waals surface area (Å²) in [5, 5.41) is 9.35. The molecule has 0 aromatic heterocycles. The van der Waals surface area contributed by atoms with Crippen molar-refractivity contribution in [1.29, 1.82) is 0 Å². The normalized spacial score (nSPS) is 12.8. The second kappa shape index (κ2) is 5.88. The van der Waals surface area contributed by atoms with Crippen LogP contribution in [-0.4, -0.2) is 21.4 Å². The van der Waals surface area contributed by atoms with Crippen molar-refractivity contribution in [3.8, 4) is 0 Å². The third-order valence-electron chi connectivity index (χ3n) is 1.64. The number of rotatable bonds is 4. The maximum Gasteiger partial charge on any atom is 0.0723 e. The lowest BCUT2D eigenvalue weighted by atomic mass is 10.2. The molecule has 0 bridgehead atoms. The summed E-state index contributed by atoms with van der Waals surface area (Å²) in [4.78, 5) is 1.23. The lowest BCUT2D eigenvalue weighted by molar-refractivity contribution is 0.228. The van der Waals surface area contributed by atoms with E-state index in [1.54, 1.807) is 11.8 Å². The number of alkyl halides is 1. The Morgan fingerprint density at radius 1 is 1.38 bits per heavy atom. The first-order chi connectivity index (χ1) is 6.22. The number of aryl methyl sites for hydroxylation is 1. The Morgan fingerprint density at radius 3 is 2.54 bits per heavy atom. The highest BCUT2D eigenvalue weighted by molar-refractivity contribution is 14.1. The largest absolute Gasteiger partial charge is 0.391 e. The standard InChI is InChI=1S/C10H13IOS/c1-8-2-4-10(5-3-8)13-7-9(12)6-11/h2-5,9,12H,6-7H2,1H3. The molecule has 1 atom stereocenters. The smallest absolute Gasteiger partial charge is 0.0723 e. The van der Waals surface area contributed by atoms with Gasteiger partial charge in [-0.25, -0.2) is 0 Å². The van der Waals surface area contributed by atoms with Gasteiger partial charge in [-0.3, -0.25) is 0 Å². The van der Waals surface area contributed by atoms with Crippen LogP contribution >= 0.6 is 34.4 Å². The predicted molar refractivity (Wildman–Crippen MR) is 66.8 cm³/mol. The number of hydrogen-bond donors (Lipinski definition) is 1. The molecule has 0 heterocycles. The molecule has 0 aliphatic carbocycles. The van der Waals surface area contributed by atoms with Crippen molar-refractivity contribution in [3.63, 3.8) is 0 Å². The molecule has 1 unspecified atom stereocenters. The maximum absolute atomic E-state index is 9.35. The Labute approximate surface area is 97.1 Å². The van der Waals surface area contributed by atoms with Gasteiger partial charge in [0.25, 0.3) is 0 Å². The van der Waals surface area contributed by atoms with E-state index in [1.165, 1.54) is 10.5 Å². The van der Waals surface area contributed by atoms with E-state index in [4.69, 9.17) is 0 Å². The zero-order valence-electron chi connectivity index (χ0n) is 7.53. The summed E-state index contributed by atoms with van der Waals surface area (Å²) in [5.41, 5.74) is 1.28. The molecule has 1 N–H and O–H groups in total. The molecule has 0 spiro atoms. The van der Waals surface area contributed by atoms with Crippen LogP contribution in [0, 0.1) is 6.92 Å². The van der Waals surface area contributed by atoms with Crippen LogP contribution < -0.4 is 0 Å². The molecule has 13 heavy (non-hydrogen) atoms. The van der Waals surface area contributed by atoms with Crippen LogP contribution in [0.25, 0.3) is 0 Å². The molecule has 72 valence electrons. The Bertz CT molecular complexity index is 248. The van der Waals surface area contributed by atoms with E-state index >= 15 is 0 Å². The van der Waals surface area contributed by atoms with Crippen molar-refractivity contribution in [1.82, 2.24) is 0 Å². The summed E-state index contributed by atoms with van der Waals surface area (Å²) >= 11 is 3.91. The molecule has 0 aliphatic rings. The van der Waals surface area contributed by atoms with Crippen LogP contribution in [0.2, 0.25) is 0 Å². The van der Waals surface area contributed by atoms with Crippen LogP contribution in [0.5, 0.6) is 0 Å². The molecular weight excluding hydrogens is 295 g/mol. The molecule has 0 amide bonds. The highest BCUT2D eigenvalue weighted by Crippen LogP contribution is 2.19. The Hall–Kier alpha value is 0.260. The topological polar surface area (TPSA) is 20.2 Å². The van der Waals surface area contributed by atoms with E-state index in [0.29, 0.717) is 0 Å². The fraction of sp³-hybridized carbons (Fsp3) is 0.400. The van der Waals surface area contributed by atoms with Crippen LogP contribution in [0.4, 0.5) is 0 Å². The summed E-state index contributed by atoms with van der Waals surface area (Å²) in [6, 6.07) is 8.39. The third-order valence-corrected chi connectivity index (χ3v) is 3.82. The summed E-state index contributed by atoms with van der Waals surface area (Å²) in [6.45, 7) is 2.08. The molecular formula is C10H13IOS. The number of aliphatic hydroxyl groups is 1. The summed E-state index contributed by atoms with van der Waals surface area (Å²) in [7, 11) is 0. The zero-order chi connectivity index (χ0) is 9.68. The Morgan fingerprint density at radius 2 is 2.00 bits per heavy atom. The predicted octanol–water partition coefficient (Wildman–Crippen LogP) is 2.88. The number of aliphatic hydroxyl groups excluding tert-OH is 1. The van der Waals surface area contributed by atoms with Crippen LogP contribution in [-0.2, 0) is 0 Å². The van der Waals surface area contributed by atoms with E-state index in [2.05, 4.69) is 53.8 Å². The molecule has 0 saturated carbocycles. The number of benzene rings is 1. The van der Waals surface area contributed by atoms with Gasteiger partial charge in [0.15, 0.2) is 0 Å². The molecule has 3 heteroatoms. The van der Waals surface area contributed by atoms with Gasteiger partial charge in [0, 0.05) is 15.1 Å². The summed E-state index contributed by atoms with van der Waals surface area (Å²) < 4.78 is 0.802. The Balaban J connectivity index is 2.41. The second-order valence-corrected chi connectivity index (χ2v) is 4.91. The number of halogens is 1. The van der Waals surface area contributed by atoms with Gasteiger partial charge < -0.3 is 5.11 Å². The first-order valence-electron chi connectivity index (χ1n) is 4.16. The van der Waals surface area contributed by atoms with Gasteiger partial charge in [-0.2, -0.15) is 0 Å². The maximum atomic E-state index is 9.35. The van der Waals surface area contributed by atoms with Crippen molar-refractivity contribution in [2.75, 3.05) is 10.2 Å². The lowest BCUT2D eigenvalue weighted by Crippen LogP contribution is -2.10. The highest BCUT2D eigenvalue weighted by atomic mass is 127. The van der Waals surface area contributed by atoms with Crippen LogP contribution in [0.1, 0.15) is 5.56 Å². The molecule has 0 saturated heterocycles. The van der Waals surface area contributed by atoms with E-state index in [0.717, 1.165) is 10.2 Å². The SMILES string of the molecule is Cc1ccc(SCC(O)CI)cc1. The fourth-order valence-electron chi connectivity index (χ4n) is 0.871. The third kappa shape index (κ3) is 4.33. The highest BCUT2D eigenvalue weighted by Gasteiger charge is 2.01. The molecule has 1 aromatic rings. The van der Waals surface area contributed by atoms with Gasteiger partial charge in [0.1, 0.15) is 0 Å². The number of hydrogen-bond acceptors (Lipinski definition) is 2. The average molecular weight is 308 g/mol. The van der Waals surface area contributed by atoms with Crippen LogP contribution in [0.15, 0.2) is 29.2 Å². The van der Waals surface area contributed by atoms with Crippen molar-refractivity contribution in [3.05, 3.63) is 29.8 Å². The molecule has 0 fully saturated rings. The van der Waals surface area contributed by atoms with E-state index in [9.17, 15) is 5.11 Å². The van der Waals surface area contributed by atoms with Gasteiger partial charge in [-0.1, -0.05) is 40.3 Å². The van der Waals surface area contributed by atoms with E-state index < -0.39 is 0 Å². The first kappa shape index (κ1) is 11.3. The fourth-order valence-corrected chi connectivity index (χ4v) is 2.44. The van der Waals surface area contributed by atoms with Crippen molar-refractivity contribution >= 4 is 34.4 Å². The first-order valence-corrected chi connectivity index (χ1v) is 6.67. The van der Waals surface area contributed by atoms with E-state index in [1.807, 2.05) is 0 Å². The summed E-state index contributed by atoms with van der Waals surface area (Å²) in [6.07, 6.45) is -0.188. The van der Waals surface area contributed by atoms with Crippen LogP contribution in [0.3, 0.4) is 0 Å². The van der Waals surface area contributed by atoms with Crippen molar-refractivity contribution < 1.29 is 5.11 Å². The quantitative estimate of drug-likeness (QED) is 0.524. The van der Waals surface area contributed by atoms with Gasteiger partial charge in [-0.15, -0.1) is 11.8 Å². The van der Waals surface area contributed by atoms with Gasteiger partial charge >= 0.3 is 0 Å². The van der Waals surface area contributed by atoms with Crippen molar-refractivity contribution in [2.45, 2.75) is 17.9 Å². The van der Waals surface area contributed by atoms with Gasteiger partial charge in [-0.05, 0) is 19.1 Å². The minimum Gasteiger partial charge on any atom is -0.391 e. The molecule has 0 aliphatic heterocycles. The van der Waals surface area contributed by atoms with Crippen molar-refractivity contribution in [2.24, 2.45) is 0 Å². The molecule has 1 nitrogen and oxygen atoms in total. The molecule has 0 radical (unpaired) electrons. The summed E-state index contributed by atoms with van der Waals surface area (Å²) in [5.74, 6) is 0.784. The average Bonchev–Trinajstić information content (AvgIpc) is 2.16. The zero-order valence-corrected chi connectivity index (χ0v) is 10.5. The molecule has 1 rings (SSSR count). The minimum atomic E-state index is -0.188. The van der Waals surface area contributed by atoms with E-state index in [-0.39, 0.29) is 6.10 Å². The number of thioether (sulfide) groups is 1. The lowest BCUT2D eigenvalue weighted by Gasteiger charge is -2.06. The monoisotopic (exact) mass is 308 g/mol. The second-order valence-electron chi connectivity index (χ2n) is 2.93. The molecule has 1 aromatic carbocycles.